The molecule has 0 aromatic carbocycles. The maximum Gasteiger partial charge on any atom is 0.426 e. The van der Waals surface area contributed by atoms with Crippen molar-refractivity contribution in [1.82, 2.24) is 0 Å². The molecule has 0 amide bonds. The molecule has 0 saturated heterocycles. The zero-order valence-corrected chi connectivity index (χ0v) is 12.0. The number of alkyl halides is 6. The second-order valence-corrected chi connectivity index (χ2v) is 5.56. The molecule has 1 aliphatic carbocycles. The van der Waals surface area contributed by atoms with Crippen LogP contribution in [0.25, 0.3) is 0 Å². The minimum atomic E-state index is -6.04. The second kappa shape index (κ2) is 6.31. The number of aliphatic hydroxyl groups is 2. The molecule has 1 rings (SSSR count). The third kappa shape index (κ3) is 3.79. The number of esters is 1. The van der Waals surface area contributed by atoms with E-state index < -0.39 is 54.9 Å². The average molecular weight is 350 g/mol. The number of hydrogen-bond acceptors (Lipinski definition) is 4. The monoisotopic (exact) mass is 350 g/mol. The van der Waals surface area contributed by atoms with Crippen LogP contribution in [0.2, 0.25) is 0 Å². The van der Waals surface area contributed by atoms with Crippen LogP contribution in [-0.2, 0) is 9.53 Å². The molecule has 1 fully saturated rings. The van der Waals surface area contributed by atoms with E-state index in [4.69, 9.17) is 4.74 Å². The quantitative estimate of drug-likeness (QED) is 0.466. The normalized spacial score (nSPS) is 26.7. The van der Waals surface area contributed by atoms with Crippen LogP contribution in [0, 0.1) is 5.92 Å². The molecule has 1 aliphatic rings. The first-order valence-electron chi connectivity index (χ1n) is 6.62. The van der Waals surface area contributed by atoms with Gasteiger partial charge < -0.3 is 14.9 Å². The molecule has 0 aromatic heterocycles. The maximum absolute atomic E-state index is 12.9. The van der Waals surface area contributed by atoms with Gasteiger partial charge in [-0.15, -0.1) is 0 Å². The highest BCUT2D eigenvalue weighted by molar-refractivity contribution is 5.87. The van der Waals surface area contributed by atoms with E-state index in [9.17, 15) is 41.4 Å². The molecular formula is C13H16F6O4. The van der Waals surface area contributed by atoms with Gasteiger partial charge in [0.2, 0.25) is 0 Å². The molecule has 0 spiro atoms. The Hall–Kier alpha value is -1.29. The Bertz CT molecular complexity index is 456. The largest absolute Gasteiger partial charge is 0.459 e. The minimum absolute atomic E-state index is 0.0745. The summed E-state index contributed by atoms with van der Waals surface area (Å²) < 4.78 is 82.0. The summed E-state index contributed by atoms with van der Waals surface area (Å²) in [6.07, 6.45) is -17.0. The first-order valence-corrected chi connectivity index (χ1v) is 6.62. The summed E-state index contributed by atoms with van der Waals surface area (Å²) in [6, 6.07) is 0. The van der Waals surface area contributed by atoms with Crippen LogP contribution in [0.1, 0.15) is 26.2 Å². The fourth-order valence-electron chi connectivity index (χ4n) is 2.51. The van der Waals surface area contributed by atoms with Gasteiger partial charge in [-0.1, -0.05) is 6.58 Å². The van der Waals surface area contributed by atoms with Crippen molar-refractivity contribution in [2.75, 3.05) is 0 Å². The standard InChI is InChI=1S/C13H16F6O4/c1-6(2)10(21)23-7-3-4-9(20)8(5-7)11(22,12(14,15)16)13(17,18)19/h7-9,20,22H,1,3-5H2,2H3. The molecule has 3 unspecified atom stereocenters. The first-order chi connectivity index (χ1) is 10.2. The van der Waals surface area contributed by atoms with E-state index in [1.165, 1.54) is 6.92 Å². The molecule has 134 valence electrons. The van der Waals surface area contributed by atoms with Crippen molar-refractivity contribution in [3.8, 4) is 0 Å². The molecule has 10 heteroatoms. The van der Waals surface area contributed by atoms with Crippen LogP contribution >= 0.6 is 0 Å². The number of rotatable bonds is 3. The SMILES string of the molecule is C=C(C)C(=O)OC1CCC(O)C(C(O)(C(F)(F)F)C(F)(F)F)C1. The van der Waals surface area contributed by atoms with Crippen molar-refractivity contribution in [3.63, 3.8) is 0 Å². The van der Waals surface area contributed by atoms with E-state index in [-0.39, 0.29) is 12.0 Å². The average Bonchev–Trinajstić information content (AvgIpc) is 2.37. The molecule has 0 bridgehead atoms. The summed E-state index contributed by atoms with van der Waals surface area (Å²) in [5, 5.41) is 18.9. The van der Waals surface area contributed by atoms with Gasteiger partial charge in [0.1, 0.15) is 6.10 Å². The van der Waals surface area contributed by atoms with Crippen molar-refractivity contribution >= 4 is 5.97 Å². The van der Waals surface area contributed by atoms with Crippen LogP contribution in [0.3, 0.4) is 0 Å². The first kappa shape index (κ1) is 19.8. The zero-order chi connectivity index (χ0) is 18.2. The lowest BCUT2D eigenvalue weighted by Crippen LogP contribution is -2.65. The number of hydrogen-bond donors (Lipinski definition) is 2. The molecule has 0 aromatic rings. The van der Waals surface area contributed by atoms with Gasteiger partial charge in [-0.3, -0.25) is 0 Å². The van der Waals surface area contributed by atoms with Gasteiger partial charge in [-0.05, 0) is 26.2 Å². The van der Waals surface area contributed by atoms with E-state index in [0.717, 1.165) is 0 Å². The Balaban J connectivity index is 3.11. The molecule has 4 nitrogen and oxygen atoms in total. The number of ether oxygens (including phenoxy) is 1. The lowest BCUT2D eigenvalue weighted by molar-refractivity contribution is -0.394. The van der Waals surface area contributed by atoms with E-state index in [2.05, 4.69) is 6.58 Å². The lowest BCUT2D eigenvalue weighted by Gasteiger charge is -2.44. The molecular weight excluding hydrogens is 334 g/mol. The van der Waals surface area contributed by atoms with Crippen molar-refractivity contribution in [2.24, 2.45) is 5.92 Å². The van der Waals surface area contributed by atoms with Crippen LogP contribution in [-0.4, -0.2) is 46.3 Å². The van der Waals surface area contributed by atoms with E-state index in [1.807, 2.05) is 0 Å². The van der Waals surface area contributed by atoms with Gasteiger partial charge in [0, 0.05) is 11.5 Å². The summed E-state index contributed by atoms with van der Waals surface area (Å²) in [6.45, 7) is 4.51. The third-order valence-electron chi connectivity index (χ3n) is 3.79. The molecule has 1 saturated carbocycles. The van der Waals surface area contributed by atoms with Gasteiger partial charge in [0.25, 0.3) is 5.60 Å². The topological polar surface area (TPSA) is 66.8 Å². The van der Waals surface area contributed by atoms with E-state index in [0.29, 0.717) is 0 Å². The van der Waals surface area contributed by atoms with Crippen molar-refractivity contribution in [3.05, 3.63) is 12.2 Å². The summed E-state index contributed by atoms with van der Waals surface area (Å²) in [7, 11) is 0. The highest BCUT2D eigenvalue weighted by atomic mass is 19.4. The summed E-state index contributed by atoms with van der Waals surface area (Å²) in [5.74, 6) is -3.56. The molecule has 23 heavy (non-hydrogen) atoms. The van der Waals surface area contributed by atoms with Crippen molar-refractivity contribution in [1.29, 1.82) is 0 Å². The van der Waals surface area contributed by atoms with Crippen molar-refractivity contribution < 1.29 is 46.1 Å². The maximum atomic E-state index is 12.9. The van der Waals surface area contributed by atoms with Gasteiger partial charge >= 0.3 is 18.3 Å². The van der Waals surface area contributed by atoms with Crippen LogP contribution in [0.5, 0.6) is 0 Å². The number of carbonyl (C=O) groups is 1. The lowest BCUT2D eigenvalue weighted by atomic mass is 9.73. The Kier molecular flexibility index (Phi) is 5.42. The van der Waals surface area contributed by atoms with Crippen molar-refractivity contribution in [2.45, 2.75) is 56.3 Å². The Morgan fingerprint density at radius 3 is 2.00 bits per heavy atom. The Morgan fingerprint density at radius 1 is 1.13 bits per heavy atom. The molecule has 0 radical (unpaired) electrons. The summed E-state index contributed by atoms with van der Waals surface area (Å²) >= 11 is 0. The fourth-order valence-corrected chi connectivity index (χ4v) is 2.51. The predicted molar refractivity (Wildman–Crippen MR) is 65.1 cm³/mol. The molecule has 0 aliphatic heterocycles. The zero-order valence-electron chi connectivity index (χ0n) is 12.0. The van der Waals surface area contributed by atoms with Gasteiger partial charge in [0.05, 0.1) is 6.10 Å². The third-order valence-corrected chi connectivity index (χ3v) is 3.79. The molecule has 2 N–H and O–H groups in total. The van der Waals surface area contributed by atoms with Gasteiger partial charge in [-0.25, -0.2) is 4.79 Å². The number of halogens is 6. The number of carbonyl (C=O) groups excluding carboxylic acids is 1. The number of aliphatic hydroxyl groups excluding tert-OH is 1. The summed E-state index contributed by atoms with van der Waals surface area (Å²) in [5.41, 5.74) is -5.16. The summed E-state index contributed by atoms with van der Waals surface area (Å²) in [4.78, 5) is 11.4. The van der Waals surface area contributed by atoms with Gasteiger partial charge in [0.15, 0.2) is 0 Å². The second-order valence-electron chi connectivity index (χ2n) is 5.56. The predicted octanol–water partition coefficient (Wildman–Crippen LogP) is 2.49. The van der Waals surface area contributed by atoms with E-state index in [1.54, 1.807) is 0 Å². The van der Waals surface area contributed by atoms with Crippen LogP contribution < -0.4 is 0 Å². The Morgan fingerprint density at radius 2 is 1.61 bits per heavy atom. The fraction of sp³-hybridized carbons (Fsp3) is 0.769. The minimum Gasteiger partial charge on any atom is -0.459 e. The van der Waals surface area contributed by atoms with Gasteiger partial charge in [-0.2, -0.15) is 26.3 Å². The Labute approximate surface area is 127 Å². The van der Waals surface area contributed by atoms with Crippen LogP contribution in [0.4, 0.5) is 26.3 Å². The molecule has 0 heterocycles. The highest BCUT2D eigenvalue weighted by Gasteiger charge is 2.75. The highest BCUT2D eigenvalue weighted by Crippen LogP contribution is 2.51. The smallest absolute Gasteiger partial charge is 0.426 e. The van der Waals surface area contributed by atoms with E-state index >= 15 is 0 Å². The van der Waals surface area contributed by atoms with Crippen LogP contribution in [0.15, 0.2) is 12.2 Å². The molecule has 3 atom stereocenters.